The normalized spacial score (nSPS) is 12.2. The van der Waals surface area contributed by atoms with Crippen LogP contribution in [0, 0.1) is 0 Å². The summed E-state index contributed by atoms with van der Waals surface area (Å²) in [6.45, 7) is 0. The van der Waals surface area contributed by atoms with Gasteiger partial charge in [-0.15, -0.1) is 11.3 Å². The van der Waals surface area contributed by atoms with Gasteiger partial charge >= 0.3 is 12.4 Å². The van der Waals surface area contributed by atoms with Crippen molar-refractivity contribution in [1.82, 2.24) is 14.5 Å². The minimum Gasteiger partial charge on any atom is -0.308 e. The number of hydrogen-bond donors (Lipinski definition) is 0. The summed E-state index contributed by atoms with van der Waals surface area (Å²) in [7, 11) is 0. The lowest BCUT2D eigenvalue weighted by Crippen LogP contribution is -2.07. The van der Waals surface area contributed by atoms with Gasteiger partial charge in [0.1, 0.15) is 0 Å². The van der Waals surface area contributed by atoms with Gasteiger partial charge in [0.15, 0.2) is 5.82 Å². The molecule has 0 saturated carbocycles. The van der Waals surface area contributed by atoms with Gasteiger partial charge in [0, 0.05) is 58.8 Å². The van der Waals surface area contributed by atoms with Gasteiger partial charge in [0.25, 0.3) is 0 Å². The fraction of sp³-hybridized carbons (Fsp3) is 0.0370. The maximum absolute atomic E-state index is 14.6. The third-order valence-electron chi connectivity index (χ3n) is 11.6. The zero-order chi connectivity index (χ0) is 43.7. The molecule has 0 bridgehead atoms. The molecule has 0 atom stereocenters. The number of alkyl halides is 6. The van der Waals surface area contributed by atoms with Gasteiger partial charge in [-0.25, -0.2) is 9.97 Å². The second-order valence-corrected chi connectivity index (χ2v) is 16.6. The Balaban J connectivity index is 1.30. The first kappa shape index (κ1) is 39.3. The van der Waals surface area contributed by atoms with E-state index in [1.165, 1.54) is 12.1 Å². The molecule has 0 amide bonds. The van der Waals surface area contributed by atoms with Gasteiger partial charge in [-0.1, -0.05) is 127 Å². The summed E-state index contributed by atoms with van der Waals surface area (Å²) in [4.78, 5) is 9.99. The molecule has 3 aromatic heterocycles. The monoisotopic (exact) mass is 867 g/mol. The van der Waals surface area contributed by atoms with Gasteiger partial charge in [-0.05, 0) is 71.8 Å². The molecule has 0 radical (unpaired) electrons. The summed E-state index contributed by atoms with van der Waals surface area (Å²) in [5, 5.41) is 3.96. The lowest BCUT2D eigenvalue weighted by atomic mass is 9.90. The van der Waals surface area contributed by atoms with Gasteiger partial charge in [0.05, 0.1) is 39.2 Å². The van der Waals surface area contributed by atoms with Crippen LogP contribution in [0.4, 0.5) is 26.3 Å². The minimum atomic E-state index is -4.68. The fourth-order valence-corrected chi connectivity index (χ4v) is 9.99. The number of benzene rings is 8. The Morgan fingerprint density at radius 3 is 1.56 bits per heavy atom. The van der Waals surface area contributed by atoms with E-state index >= 15 is 0 Å². The fourth-order valence-electron chi connectivity index (χ4n) is 8.73. The molecule has 310 valence electrons. The molecule has 10 heteroatoms. The van der Waals surface area contributed by atoms with Crippen LogP contribution in [0.3, 0.4) is 0 Å². The van der Waals surface area contributed by atoms with Crippen molar-refractivity contribution in [1.29, 1.82) is 0 Å². The van der Waals surface area contributed by atoms with Crippen molar-refractivity contribution in [3.05, 3.63) is 199 Å². The summed E-state index contributed by atoms with van der Waals surface area (Å²) in [6, 6.07) is 54.4. The number of halogens is 6. The highest BCUT2D eigenvalue weighted by molar-refractivity contribution is 7.26. The number of rotatable bonds is 6. The second kappa shape index (κ2) is 15.1. The van der Waals surface area contributed by atoms with E-state index in [-0.39, 0.29) is 11.1 Å². The molecule has 11 aromatic rings. The third-order valence-corrected chi connectivity index (χ3v) is 12.8. The van der Waals surface area contributed by atoms with E-state index in [9.17, 15) is 26.3 Å². The van der Waals surface area contributed by atoms with Crippen molar-refractivity contribution in [2.45, 2.75) is 12.4 Å². The van der Waals surface area contributed by atoms with Gasteiger partial charge in [-0.3, -0.25) is 0 Å². The second-order valence-electron chi connectivity index (χ2n) is 15.6. The molecule has 11 rings (SSSR count). The summed E-state index contributed by atoms with van der Waals surface area (Å²) >= 11 is 1.65. The van der Waals surface area contributed by atoms with Crippen LogP contribution in [0.2, 0.25) is 0 Å². The third kappa shape index (κ3) is 6.78. The van der Waals surface area contributed by atoms with Gasteiger partial charge in [0.2, 0.25) is 0 Å². The van der Waals surface area contributed by atoms with Crippen molar-refractivity contribution < 1.29 is 26.3 Å². The van der Waals surface area contributed by atoms with E-state index in [4.69, 9.17) is 9.97 Å². The maximum atomic E-state index is 14.6. The van der Waals surface area contributed by atoms with Crippen LogP contribution >= 0.6 is 11.3 Å². The van der Waals surface area contributed by atoms with Crippen molar-refractivity contribution in [3.63, 3.8) is 0 Å². The summed E-state index contributed by atoms with van der Waals surface area (Å²) in [6.07, 6.45) is -9.36. The standard InChI is InChI=1S/C54H31F6N3S/c55-53(56,57)37-19-11-17-34(27-37)42-29-36(45-31-44(32-13-3-1-4-14-32)61-52(62-45)33-15-5-2-6-16-33)30-43(35-18-12-20-38(28-35)54(58,59)60)50(42)63-46-23-9-7-22-41(46)49-47(63)26-25-40-39-21-8-10-24-48(39)64-51(40)49/h1-31H. The molecule has 3 nitrogen and oxygen atoms in total. The first-order valence-corrected chi connectivity index (χ1v) is 21.2. The molecule has 0 aliphatic heterocycles. The van der Waals surface area contributed by atoms with Crippen LogP contribution < -0.4 is 0 Å². The van der Waals surface area contributed by atoms with Crippen LogP contribution in [0.5, 0.6) is 0 Å². The van der Waals surface area contributed by atoms with Crippen LogP contribution in [0.15, 0.2) is 188 Å². The van der Waals surface area contributed by atoms with E-state index in [1.54, 1.807) is 41.7 Å². The van der Waals surface area contributed by atoms with E-state index < -0.39 is 23.5 Å². The van der Waals surface area contributed by atoms with Crippen LogP contribution in [-0.4, -0.2) is 14.5 Å². The van der Waals surface area contributed by atoms with Crippen molar-refractivity contribution in [3.8, 4) is 61.8 Å². The molecular formula is C54H31F6N3S. The van der Waals surface area contributed by atoms with E-state index in [1.807, 2.05) is 114 Å². The minimum absolute atomic E-state index is 0.217. The topological polar surface area (TPSA) is 30.7 Å². The molecule has 0 unspecified atom stereocenters. The molecule has 0 aliphatic rings. The average Bonchev–Trinajstić information content (AvgIpc) is 3.87. The largest absolute Gasteiger partial charge is 0.416 e. The predicted octanol–water partition coefficient (Wildman–Crippen LogP) is 16.3. The molecule has 3 heterocycles. The number of thiophene rings is 1. The van der Waals surface area contributed by atoms with Crippen molar-refractivity contribution in [2.75, 3.05) is 0 Å². The Bertz CT molecular complexity index is 3450. The predicted molar refractivity (Wildman–Crippen MR) is 246 cm³/mol. The van der Waals surface area contributed by atoms with Gasteiger partial charge < -0.3 is 4.57 Å². The van der Waals surface area contributed by atoms with E-state index in [0.717, 1.165) is 77.4 Å². The van der Waals surface area contributed by atoms with Gasteiger partial charge in [-0.2, -0.15) is 26.3 Å². The molecule has 0 saturated heterocycles. The Morgan fingerprint density at radius 1 is 0.406 bits per heavy atom. The molecule has 8 aromatic carbocycles. The Morgan fingerprint density at radius 2 is 0.938 bits per heavy atom. The molecular weight excluding hydrogens is 837 g/mol. The summed E-state index contributed by atoms with van der Waals surface area (Å²) < 4.78 is 91.9. The summed E-state index contributed by atoms with van der Waals surface area (Å²) in [5.41, 5.74) is 4.32. The lowest BCUT2D eigenvalue weighted by molar-refractivity contribution is -0.138. The number of para-hydroxylation sites is 1. The number of aromatic nitrogens is 3. The van der Waals surface area contributed by atoms with E-state index in [2.05, 4.69) is 12.1 Å². The highest BCUT2D eigenvalue weighted by Gasteiger charge is 2.33. The highest BCUT2D eigenvalue weighted by atomic mass is 32.1. The molecule has 0 N–H and O–H groups in total. The first-order chi connectivity index (χ1) is 31.0. The van der Waals surface area contributed by atoms with Crippen molar-refractivity contribution >= 4 is 53.3 Å². The smallest absolute Gasteiger partial charge is 0.308 e. The first-order valence-electron chi connectivity index (χ1n) is 20.4. The number of hydrogen-bond acceptors (Lipinski definition) is 3. The maximum Gasteiger partial charge on any atom is 0.416 e. The zero-order valence-corrected chi connectivity index (χ0v) is 34.2. The average molecular weight is 868 g/mol. The number of fused-ring (bicyclic) bond motifs is 7. The Hall–Kier alpha value is -7.56. The Kier molecular flexibility index (Phi) is 9.25. The lowest BCUT2D eigenvalue weighted by Gasteiger charge is -2.22. The highest BCUT2D eigenvalue weighted by Crippen LogP contribution is 2.48. The zero-order valence-electron chi connectivity index (χ0n) is 33.4. The Labute approximate surface area is 366 Å². The van der Waals surface area contributed by atoms with Crippen LogP contribution in [0.1, 0.15) is 11.1 Å². The molecule has 0 spiro atoms. The SMILES string of the molecule is FC(F)(F)c1cccc(-c2cc(-c3cc(-c4ccccc4)nc(-c4ccccc4)n3)cc(-c3cccc(C(F)(F)F)c3)c2-n2c3ccccc3c3c4sc5ccccc5c4ccc32)c1. The molecule has 0 fully saturated rings. The van der Waals surface area contributed by atoms with Crippen LogP contribution in [0.25, 0.3) is 104 Å². The molecule has 0 aliphatic carbocycles. The quantitative estimate of drug-likeness (QED) is 0.156. The van der Waals surface area contributed by atoms with Crippen LogP contribution in [-0.2, 0) is 12.4 Å². The van der Waals surface area contributed by atoms with Crippen molar-refractivity contribution in [2.24, 2.45) is 0 Å². The van der Waals surface area contributed by atoms with E-state index in [0.29, 0.717) is 39.6 Å². The molecule has 64 heavy (non-hydrogen) atoms. The summed E-state index contributed by atoms with van der Waals surface area (Å²) in [5.74, 6) is 0.400. The number of nitrogens with zero attached hydrogens (tertiary/aromatic N) is 3.